The van der Waals surface area contributed by atoms with Gasteiger partial charge in [-0.2, -0.15) is 0 Å². The molecule has 0 aromatic rings. The average molecular weight is 284 g/mol. The molecule has 2 bridgehead atoms. The number of aliphatic hydroxyl groups excluding tert-OH is 1. The lowest BCUT2D eigenvalue weighted by atomic mass is 9.58. The highest BCUT2D eigenvalue weighted by Gasteiger charge is 2.69. The van der Waals surface area contributed by atoms with Crippen molar-refractivity contribution in [1.82, 2.24) is 0 Å². The fraction of sp³-hybridized carbons (Fsp3) is 1.00. The van der Waals surface area contributed by atoms with Gasteiger partial charge in [0.25, 0.3) is 0 Å². The zero-order chi connectivity index (χ0) is 14.1. The number of hydrogen-bond acceptors (Lipinski definition) is 5. The van der Waals surface area contributed by atoms with Crippen LogP contribution in [0.4, 0.5) is 0 Å². The van der Waals surface area contributed by atoms with E-state index in [4.69, 9.17) is 19.2 Å². The number of fused-ring (bicyclic) bond motifs is 2. The molecule has 0 aromatic heterocycles. The highest BCUT2D eigenvalue weighted by molar-refractivity contribution is 5.08. The number of aliphatic hydroxyl groups is 1. The lowest BCUT2D eigenvalue weighted by Crippen LogP contribution is -2.70. The first-order valence-corrected chi connectivity index (χ1v) is 7.84. The van der Waals surface area contributed by atoms with Crippen molar-refractivity contribution < 1.29 is 24.4 Å². The van der Waals surface area contributed by atoms with E-state index in [1.54, 1.807) is 0 Å². The highest BCUT2D eigenvalue weighted by atomic mass is 17.3. The fourth-order valence-electron chi connectivity index (χ4n) is 4.89. The van der Waals surface area contributed by atoms with Crippen LogP contribution in [0.2, 0.25) is 0 Å². The fourth-order valence-corrected chi connectivity index (χ4v) is 4.89. The second-order valence-corrected chi connectivity index (χ2v) is 7.30. The summed E-state index contributed by atoms with van der Waals surface area (Å²) in [7, 11) is 0. The third kappa shape index (κ3) is 1.56. The first-order chi connectivity index (χ1) is 9.46. The standard InChI is InChI=1S/C15H24O5/c1-8-4-5-11-9(2)12(16)17-13-15(11)10(8)6-7-14(3,18-13)19-20-15/h8-13,16H,4-7H2,1-3H3/t8-,9-,10+,11?,12+,13-,14?,15-/m1/s1. The Labute approximate surface area is 119 Å². The van der Waals surface area contributed by atoms with Crippen LogP contribution in [-0.4, -0.2) is 29.1 Å². The number of rotatable bonds is 0. The Morgan fingerprint density at radius 1 is 1.05 bits per heavy atom. The SMILES string of the molecule is C[C@@H]1CCC2[C@@H](C)[C@@H](O)O[C@@H]3OC4(C)CC[C@@H]1[C@@]23OO4. The van der Waals surface area contributed by atoms with E-state index in [1.165, 1.54) is 6.42 Å². The molecule has 5 heteroatoms. The van der Waals surface area contributed by atoms with E-state index in [0.717, 1.165) is 19.3 Å². The Morgan fingerprint density at radius 2 is 1.85 bits per heavy atom. The molecule has 2 unspecified atom stereocenters. The first kappa shape index (κ1) is 13.5. The third-order valence-electron chi connectivity index (χ3n) is 6.12. The summed E-state index contributed by atoms with van der Waals surface area (Å²) in [5.74, 6) is 0.437. The highest BCUT2D eigenvalue weighted by Crippen LogP contribution is 2.60. The van der Waals surface area contributed by atoms with Crippen LogP contribution in [0.15, 0.2) is 0 Å². The zero-order valence-corrected chi connectivity index (χ0v) is 12.4. The first-order valence-electron chi connectivity index (χ1n) is 7.84. The van der Waals surface area contributed by atoms with E-state index in [2.05, 4.69) is 6.92 Å². The van der Waals surface area contributed by atoms with Crippen molar-refractivity contribution in [2.75, 3.05) is 0 Å². The molecule has 1 N–H and O–H groups in total. The molecule has 8 atom stereocenters. The van der Waals surface area contributed by atoms with Gasteiger partial charge in [-0.3, -0.25) is 0 Å². The number of hydrogen-bond donors (Lipinski definition) is 1. The lowest BCUT2D eigenvalue weighted by molar-refractivity contribution is -0.576. The summed E-state index contributed by atoms with van der Waals surface area (Å²) in [4.78, 5) is 11.6. The Kier molecular flexibility index (Phi) is 2.81. The molecule has 4 heterocycles. The zero-order valence-electron chi connectivity index (χ0n) is 12.4. The number of ether oxygens (including phenoxy) is 2. The van der Waals surface area contributed by atoms with Gasteiger partial charge < -0.3 is 14.6 Å². The van der Waals surface area contributed by atoms with Crippen molar-refractivity contribution in [3.05, 3.63) is 0 Å². The maximum atomic E-state index is 10.2. The third-order valence-corrected chi connectivity index (χ3v) is 6.12. The summed E-state index contributed by atoms with van der Waals surface area (Å²) in [6, 6.07) is 0. The Hall–Kier alpha value is -0.200. The van der Waals surface area contributed by atoms with Gasteiger partial charge in [-0.15, -0.1) is 0 Å². The maximum absolute atomic E-state index is 10.2. The average Bonchev–Trinajstić information content (AvgIpc) is 2.63. The second kappa shape index (κ2) is 4.17. The van der Waals surface area contributed by atoms with Crippen LogP contribution in [0.25, 0.3) is 0 Å². The van der Waals surface area contributed by atoms with Gasteiger partial charge in [0.15, 0.2) is 18.2 Å². The molecule has 5 fully saturated rings. The van der Waals surface area contributed by atoms with E-state index in [0.29, 0.717) is 11.8 Å². The maximum Gasteiger partial charge on any atom is 0.201 e. The summed E-state index contributed by atoms with van der Waals surface area (Å²) in [5.41, 5.74) is -0.549. The van der Waals surface area contributed by atoms with Crippen LogP contribution in [0, 0.1) is 23.7 Å². The molecule has 5 aliphatic rings. The van der Waals surface area contributed by atoms with Crippen LogP contribution in [0.5, 0.6) is 0 Å². The van der Waals surface area contributed by atoms with Crippen LogP contribution in [-0.2, 0) is 19.2 Å². The molecule has 5 nitrogen and oxygen atoms in total. The Bertz CT molecular complexity index is 411. The molecule has 0 radical (unpaired) electrons. The molecule has 0 aromatic carbocycles. The van der Waals surface area contributed by atoms with Crippen molar-refractivity contribution >= 4 is 0 Å². The van der Waals surface area contributed by atoms with Gasteiger partial charge in [0.2, 0.25) is 5.79 Å². The van der Waals surface area contributed by atoms with E-state index in [9.17, 15) is 5.11 Å². The quantitative estimate of drug-likeness (QED) is 0.691. The van der Waals surface area contributed by atoms with Gasteiger partial charge in [0, 0.05) is 18.3 Å². The van der Waals surface area contributed by atoms with Gasteiger partial charge in [-0.1, -0.05) is 13.8 Å². The van der Waals surface area contributed by atoms with Crippen LogP contribution >= 0.6 is 0 Å². The minimum absolute atomic E-state index is 0.0379. The van der Waals surface area contributed by atoms with E-state index in [-0.39, 0.29) is 11.8 Å². The predicted octanol–water partition coefficient (Wildman–Crippen LogP) is 2.19. The van der Waals surface area contributed by atoms with Crippen molar-refractivity contribution in [2.45, 2.75) is 70.4 Å². The minimum atomic E-state index is -0.781. The second-order valence-electron chi connectivity index (χ2n) is 7.30. The monoisotopic (exact) mass is 284 g/mol. The Balaban J connectivity index is 1.82. The van der Waals surface area contributed by atoms with Crippen molar-refractivity contribution in [3.8, 4) is 0 Å². The summed E-state index contributed by atoms with van der Waals surface area (Å²) in [6.07, 6.45) is 2.72. The smallest absolute Gasteiger partial charge is 0.201 e. The molecular formula is C15H24O5. The molecule has 4 saturated heterocycles. The van der Waals surface area contributed by atoms with E-state index in [1.807, 2.05) is 13.8 Å². The van der Waals surface area contributed by atoms with Gasteiger partial charge in [0.05, 0.1) is 0 Å². The molecule has 114 valence electrons. The summed E-state index contributed by atoms with van der Waals surface area (Å²) < 4.78 is 11.9. The topological polar surface area (TPSA) is 57.2 Å². The molecule has 4 aliphatic heterocycles. The van der Waals surface area contributed by atoms with Crippen molar-refractivity contribution in [2.24, 2.45) is 23.7 Å². The van der Waals surface area contributed by atoms with E-state index >= 15 is 0 Å². The molecule has 1 spiro atoms. The van der Waals surface area contributed by atoms with Crippen LogP contribution in [0.1, 0.15) is 46.5 Å². The van der Waals surface area contributed by atoms with Gasteiger partial charge in [-0.05, 0) is 38.0 Å². The molecule has 5 rings (SSSR count). The largest absolute Gasteiger partial charge is 0.368 e. The van der Waals surface area contributed by atoms with Crippen LogP contribution in [0.3, 0.4) is 0 Å². The van der Waals surface area contributed by atoms with Crippen LogP contribution < -0.4 is 0 Å². The molecular weight excluding hydrogens is 260 g/mol. The summed E-state index contributed by atoms with van der Waals surface area (Å²) in [5, 5.41) is 10.2. The van der Waals surface area contributed by atoms with Gasteiger partial charge >= 0.3 is 0 Å². The summed E-state index contributed by atoms with van der Waals surface area (Å²) in [6.45, 7) is 6.22. The molecule has 20 heavy (non-hydrogen) atoms. The molecule has 1 aliphatic carbocycles. The summed E-state index contributed by atoms with van der Waals surface area (Å²) >= 11 is 0. The van der Waals surface area contributed by atoms with Crippen molar-refractivity contribution in [1.29, 1.82) is 0 Å². The minimum Gasteiger partial charge on any atom is -0.368 e. The normalized spacial score (nSPS) is 61.8. The van der Waals surface area contributed by atoms with E-state index < -0.39 is 24.0 Å². The predicted molar refractivity (Wildman–Crippen MR) is 69.0 cm³/mol. The Morgan fingerprint density at radius 3 is 2.65 bits per heavy atom. The molecule has 1 saturated carbocycles. The van der Waals surface area contributed by atoms with Crippen molar-refractivity contribution in [3.63, 3.8) is 0 Å². The van der Waals surface area contributed by atoms with Gasteiger partial charge in [0.1, 0.15) is 0 Å². The molecule has 0 amide bonds. The van der Waals surface area contributed by atoms with Gasteiger partial charge in [-0.25, -0.2) is 9.78 Å². The lowest BCUT2D eigenvalue weighted by Gasteiger charge is -2.59.